The predicted octanol–water partition coefficient (Wildman–Crippen LogP) is 2.29. The largest absolute Gasteiger partial charge is 0.377 e. The van der Waals surface area contributed by atoms with Crippen LogP contribution >= 0.6 is 0 Å². The van der Waals surface area contributed by atoms with Crippen molar-refractivity contribution in [2.24, 2.45) is 0 Å². The minimum absolute atomic E-state index is 0.239. The van der Waals surface area contributed by atoms with Crippen molar-refractivity contribution in [2.45, 2.75) is 32.3 Å². The van der Waals surface area contributed by atoms with Gasteiger partial charge in [0.25, 0.3) is 0 Å². The average Bonchev–Trinajstić information content (AvgIpc) is 2.34. The zero-order valence-corrected chi connectivity index (χ0v) is 11.1. The fourth-order valence-corrected chi connectivity index (χ4v) is 1.78. The molecule has 3 nitrogen and oxygen atoms in total. The molecule has 98 valence electrons. The number of ether oxygens (including phenoxy) is 2. The molecule has 0 aromatic rings. The first kappa shape index (κ1) is 14.4. The van der Waals surface area contributed by atoms with E-state index in [9.17, 15) is 0 Å². The van der Waals surface area contributed by atoms with Crippen molar-refractivity contribution in [1.82, 2.24) is 5.32 Å². The van der Waals surface area contributed by atoms with Crippen LogP contribution in [0.15, 0.2) is 23.8 Å². The summed E-state index contributed by atoms with van der Waals surface area (Å²) in [6.45, 7) is 5.58. The Morgan fingerprint density at radius 1 is 1.35 bits per heavy atom. The van der Waals surface area contributed by atoms with Gasteiger partial charge in [-0.1, -0.05) is 23.8 Å². The van der Waals surface area contributed by atoms with E-state index in [0.717, 1.165) is 45.6 Å². The fourth-order valence-electron chi connectivity index (χ4n) is 1.78. The molecular formula is C14H25NO2. The highest BCUT2D eigenvalue weighted by Gasteiger charge is 2.01. The highest BCUT2D eigenvalue weighted by atomic mass is 16.5. The molecule has 0 saturated heterocycles. The summed E-state index contributed by atoms with van der Waals surface area (Å²) in [6.07, 6.45) is 10.0. The Kier molecular flexibility index (Phi) is 7.97. The first-order valence-corrected chi connectivity index (χ1v) is 6.46. The first-order chi connectivity index (χ1) is 8.33. The van der Waals surface area contributed by atoms with Crippen molar-refractivity contribution in [3.63, 3.8) is 0 Å². The van der Waals surface area contributed by atoms with Crippen LogP contribution in [0.3, 0.4) is 0 Å². The molecule has 1 unspecified atom stereocenters. The Morgan fingerprint density at radius 3 is 3.06 bits per heavy atom. The predicted molar refractivity (Wildman–Crippen MR) is 71.2 cm³/mol. The third-order valence-corrected chi connectivity index (χ3v) is 2.84. The monoisotopic (exact) mass is 239 g/mol. The Morgan fingerprint density at radius 2 is 2.24 bits per heavy atom. The van der Waals surface area contributed by atoms with Crippen LogP contribution in [0.1, 0.15) is 26.2 Å². The molecule has 1 N–H and O–H groups in total. The lowest BCUT2D eigenvalue weighted by atomic mass is 10.1. The molecule has 1 rings (SSSR count). The number of hydrogen-bond donors (Lipinski definition) is 1. The molecule has 0 fully saturated rings. The van der Waals surface area contributed by atoms with Gasteiger partial charge >= 0.3 is 0 Å². The SMILES string of the molecule is COC1/C=C/CCNCCOC/C(C)=C\CC1. The summed E-state index contributed by atoms with van der Waals surface area (Å²) in [5, 5.41) is 3.35. The van der Waals surface area contributed by atoms with Crippen LogP contribution in [-0.4, -0.2) is 39.5 Å². The quantitative estimate of drug-likeness (QED) is 0.712. The van der Waals surface area contributed by atoms with Gasteiger partial charge in [0.05, 0.1) is 19.3 Å². The van der Waals surface area contributed by atoms with Crippen LogP contribution < -0.4 is 5.32 Å². The van der Waals surface area contributed by atoms with E-state index in [2.05, 4.69) is 30.5 Å². The normalized spacial score (nSPS) is 30.0. The highest BCUT2D eigenvalue weighted by molar-refractivity contribution is 4.99. The second kappa shape index (κ2) is 9.40. The van der Waals surface area contributed by atoms with E-state index in [1.54, 1.807) is 7.11 Å². The molecule has 0 amide bonds. The van der Waals surface area contributed by atoms with Crippen molar-refractivity contribution in [1.29, 1.82) is 0 Å². The number of hydrogen-bond acceptors (Lipinski definition) is 3. The zero-order valence-electron chi connectivity index (χ0n) is 11.1. The Labute approximate surface area is 105 Å². The zero-order chi connectivity index (χ0) is 12.3. The van der Waals surface area contributed by atoms with Crippen molar-refractivity contribution in [3.05, 3.63) is 23.8 Å². The van der Waals surface area contributed by atoms with Gasteiger partial charge in [-0.2, -0.15) is 0 Å². The molecule has 0 radical (unpaired) electrons. The maximum Gasteiger partial charge on any atom is 0.0755 e. The van der Waals surface area contributed by atoms with Crippen molar-refractivity contribution in [2.75, 3.05) is 33.4 Å². The van der Waals surface area contributed by atoms with E-state index in [1.807, 2.05) is 0 Å². The minimum Gasteiger partial charge on any atom is -0.377 e. The Balaban J connectivity index is 2.43. The van der Waals surface area contributed by atoms with Crippen LogP contribution in [0.2, 0.25) is 0 Å². The molecule has 1 atom stereocenters. The van der Waals surface area contributed by atoms with Gasteiger partial charge < -0.3 is 14.8 Å². The fraction of sp³-hybridized carbons (Fsp3) is 0.714. The van der Waals surface area contributed by atoms with E-state index >= 15 is 0 Å². The molecule has 3 heteroatoms. The van der Waals surface area contributed by atoms with Crippen molar-refractivity contribution < 1.29 is 9.47 Å². The van der Waals surface area contributed by atoms with Gasteiger partial charge in [0, 0.05) is 13.7 Å². The van der Waals surface area contributed by atoms with Crippen LogP contribution in [0, 0.1) is 0 Å². The van der Waals surface area contributed by atoms with Gasteiger partial charge in [-0.05, 0) is 32.7 Å². The lowest BCUT2D eigenvalue weighted by Crippen LogP contribution is -2.21. The molecule has 0 bridgehead atoms. The van der Waals surface area contributed by atoms with Crippen LogP contribution in [0.5, 0.6) is 0 Å². The molecule has 0 spiro atoms. The molecule has 1 aliphatic heterocycles. The molecule has 1 heterocycles. The molecule has 0 aromatic carbocycles. The summed E-state index contributed by atoms with van der Waals surface area (Å²) < 4.78 is 11.0. The summed E-state index contributed by atoms with van der Waals surface area (Å²) in [5.41, 5.74) is 1.31. The average molecular weight is 239 g/mol. The van der Waals surface area contributed by atoms with E-state index in [0.29, 0.717) is 0 Å². The molecule has 0 aliphatic carbocycles. The third-order valence-electron chi connectivity index (χ3n) is 2.84. The maximum atomic E-state index is 5.56. The summed E-state index contributed by atoms with van der Waals surface area (Å²) in [7, 11) is 1.77. The molecule has 0 saturated carbocycles. The maximum absolute atomic E-state index is 5.56. The number of methoxy groups -OCH3 is 1. The molecule has 17 heavy (non-hydrogen) atoms. The lowest BCUT2D eigenvalue weighted by molar-refractivity contribution is 0.133. The minimum atomic E-state index is 0.239. The van der Waals surface area contributed by atoms with Gasteiger partial charge in [0.2, 0.25) is 0 Å². The van der Waals surface area contributed by atoms with Gasteiger partial charge in [-0.25, -0.2) is 0 Å². The summed E-state index contributed by atoms with van der Waals surface area (Å²) in [5.74, 6) is 0. The second-order valence-electron chi connectivity index (χ2n) is 4.42. The van der Waals surface area contributed by atoms with Gasteiger partial charge in [-0.3, -0.25) is 0 Å². The van der Waals surface area contributed by atoms with E-state index < -0.39 is 0 Å². The summed E-state index contributed by atoms with van der Waals surface area (Å²) in [4.78, 5) is 0. The van der Waals surface area contributed by atoms with Crippen LogP contribution in [0.25, 0.3) is 0 Å². The molecule has 0 aromatic heterocycles. The van der Waals surface area contributed by atoms with E-state index in [-0.39, 0.29) is 6.10 Å². The third kappa shape index (κ3) is 7.31. The van der Waals surface area contributed by atoms with Crippen molar-refractivity contribution in [3.8, 4) is 0 Å². The van der Waals surface area contributed by atoms with Gasteiger partial charge in [-0.15, -0.1) is 0 Å². The molecular weight excluding hydrogens is 214 g/mol. The standard InChI is InChI=1S/C14H25NO2/c1-13-6-5-8-14(16-2)7-3-4-9-15-10-11-17-12-13/h3,6-7,14-15H,4-5,8-12H2,1-2H3/b7-3+,13-6-. The second-order valence-corrected chi connectivity index (χ2v) is 4.42. The number of nitrogens with one attached hydrogen (secondary N) is 1. The highest BCUT2D eigenvalue weighted by Crippen LogP contribution is 2.07. The topological polar surface area (TPSA) is 30.5 Å². The Hall–Kier alpha value is -0.640. The number of allylic oxidation sites excluding steroid dienone is 1. The summed E-state index contributed by atoms with van der Waals surface area (Å²) in [6, 6.07) is 0. The lowest BCUT2D eigenvalue weighted by Gasteiger charge is -2.11. The van der Waals surface area contributed by atoms with Crippen LogP contribution in [-0.2, 0) is 9.47 Å². The van der Waals surface area contributed by atoms with Crippen molar-refractivity contribution >= 4 is 0 Å². The Bertz CT molecular complexity index is 249. The molecule has 1 aliphatic rings. The number of rotatable bonds is 1. The van der Waals surface area contributed by atoms with E-state index in [1.165, 1.54) is 5.57 Å². The van der Waals surface area contributed by atoms with Gasteiger partial charge in [0.1, 0.15) is 0 Å². The smallest absolute Gasteiger partial charge is 0.0755 e. The summed E-state index contributed by atoms with van der Waals surface area (Å²) >= 11 is 0. The first-order valence-electron chi connectivity index (χ1n) is 6.46. The van der Waals surface area contributed by atoms with E-state index in [4.69, 9.17) is 9.47 Å². The van der Waals surface area contributed by atoms with Crippen LogP contribution in [0.4, 0.5) is 0 Å². The van der Waals surface area contributed by atoms with Gasteiger partial charge in [0.15, 0.2) is 0 Å².